The molecule has 0 saturated heterocycles. The maximum absolute atomic E-state index is 11.7. The number of hydrogen-bond acceptors (Lipinski definition) is 4. The fourth-order valence-corrected chi connectivity index (χ4v) is 3.40. The van der Waals surface area contributed by atoms with Crippen molar-refractivity contribution in [1.29, 1.82) is 0 Å². The maximum Gasteiger partial charge on any atom is 0.305 e. The van der Waals surface area contributed by atoms with Gasteiger partial charge in [-0.05, 0) is 25.7 Å². The van der Waals surface area contributed by atoms with Crippen LogP contribution in [0.1, 0.15) is 122 Å². The van der Waals surface area contributed by atoms with Gasteiger partial charge in [-0.1, -0.05) is 84.0 Å². The van der Waals surface area contributed by atoms with Gasteiger partial charge in [-0.15, -0.1) is 11.6 Å². The first-order chi connectivity index (χ1) is 14.2. The molecule has 0 aromatic rings. The number of esters is 2. The van der Waals surface area contributed by atoms with Gasteiger partial charge in [0.2, 0.25) is 0 Å². The molecule has 0 amide bonds. The van der Waals surface area contributed by atoms with Crippen molar-refractivity contribution in [1.82, 2.24) is 0 Å². The minimum atomic E-state index is -0.209. The standard InChI is InChI=1S/C24H45ClO4/c1-2-3-4-5-6-7-9-12-15-21-28-23(26)18-17-19-24(27)29-22-16-13-10-8-11-14-20-25/h2-22H2,1H3. The van der Waals surface area contributed by atoms with E-state index in [1.807, 2.05) is 0 Å². The quantitative estimate of drug-likeness (QED) is 0.102. The number of rotatable bonds is 22. The Bertz CT molecular complexity index is 374. The van der Waals surface area contributed by atoms with E-state index in [2.05, 4.69) is 6.92 Å². The van der Waals surface area contributed by atoms with Crippen LogP contribution in [0.25, 0.3) is 0 Å². The minimum absolute atomic E-state index is 0.200. The Kier molecular flexibility index (Phi) is 22.9. The van der Waals surface area contributed by atoms with Crippen molar-refractivity contribution in [3.63, 3.8) is 0 Å². The lowest BCUT2D eigenvalue weighted by molar-refractivity contribution is -0.145. The molecule has 0 spiro atoms. The number of carbonyl (C=O) groups excluding carboxylic acids is 2. The van der Waals surface area contributed by atoms with Crippen molar-refractivity contribution >= 4 is 23.5 Å². The molecule has 0 bridgehead atoms. The van der Waals surface area contributed by atoms with Gasteiger partial charge in [0, 0.05) is 18.7 Å². The lowest BCUT2D eigenvalue weighted by atomic mass is 10.1. The van der Waals surface area contributed by atoms with Crippen molar-refractivity contribution in [3.05, 3.63) is 0 Å². The lowest BCUT2D eigenvalue weighted by Crippen LogP contribution is -2.09. The molecule has 0 fully saturated rings. The van der Waals surface area contributed by atoms with Gasteiger partial charge in [0.15, 0.2) is 0 Å². The van der Waals surface area contributed by atoms with Gasteiger partial charge in [0.05, 0.1) is 13.2 Å². The minimum Gasteiger partial charge on any atom is -0.466 e. The number of alkyl halides is 1. The van der Waals surface area contributed by atoms with Crippen LogP contribution < -0.4 is 0 Å². The van der Waals surface area contributed by atoms with E-state index in [1.54, 1.807) is 0 Å². The normalized spacial score (nSPS) is 10.8. The second-order valence-corrected chi connectivity index (χ2v) is 8.31. The summed E-state index contributed by atoms with van der Waals surface area (Å²) < 4.78 is 10.4. The SMILES string of the molecule is CCCCCCCCCCCOC(=O)CCCC(=O)OCCCCCCCCCl. The van der Waals surface area contributed by atoms with Gasteiger partial charge in [-0.3, -0.25) is 9.59 Å². The molecule has 0 N–H and O–H groups in total. The molecule has 0 atom stereocenters. The van der Waals surface area contributed by atoms with Crippen molar-refractivity contribution in [2.75, 3.05) is 19.1 Å². The molecule has 172 valence electrons. The van der Waals surface area contributed by atoms with Gasteiger partial charge >= 0.3 is 11.9 Å². The summed E-state index contributed by atoms with van der Waals surface area (Å²) in [5.74, 6) is 0.331. The van der Waals surface area contributed by atoms with Crippen LogP contribution >= 0.6 is 11.6 Å². The highest BCUT2D eigenvalue weighted by Gasteiger charge is 2.07. The van der Waals surface area contributed by atoms with Crippen LogP contribution in [0, 0.1) is 0 Å². The molecule has 0 saturated carbocycles. The second kappa shape index (κ2) is 23.5. The Morgan fingerprint density at radius 3 is 1.34 bits per heavy atom. The van der Waals surface area contributed by atoms with Crippen LogP contribution in [-0.4, -0.2) is 31.0 Å². The third-order valence-corrected chi connectivity index (χ3v) is 5.33. The Morgan fingerprint density at radius 1 is 0.552 bits per heavy atom. The topological polar surface area (TPSA) is 52.6 Å². The predicted octanol–water partition coefficient (Wildman–Crippen LogP) is 7.35. The Labute approximate surface area is 184 Å². The molecule has 0 aliphatic rings. The number of ether oxygens (including phenoxy) is 2. The van der Waals surface area contributed by atoms with Crippen LogP contribution in [0.15, 0.2) is 0 Å². The third kappa shape index (κ3) is 23.4. The average Bonchev–Trinajstić information content (AvgIpc) is 2.71. The molecule has 0 heterocycles. The van der Waals surface area contributed by atoms with Crippen molar-refractivity contribution < 1.29 is 19.1 Å². The fourth-order valence-electron chi connectivity index (χ4n) is 3.21. The molecule has 0 aliphatic heterocycles. The number of carbonyl (C=O) groups is 2. The zero-order valence-electron chi connectivity index (χ0n) is 18.9. The molecular formula is C24H45ClO4. The number of halogens is 1. The van der Waals surface area contributed by atoms with Gasteiger partial charge in [-0.25, -0.2) is 0 Å². The maximum atomic E-state index is 11.7. The first-order valence-corrected chi connectivity index (χ1v) is 12.6. The van der Waals surface area contributed by atoms with E-state index < -0.39 is 0 Å². The summed E-state index contributed by atoms with van der Waals surface area (Å²) in [6, 6.07) is 0. The van der Waals surface area contributed by atoms with Crippen LogP contribution in [0.5, 0.6) is 0 Å². The van der Waals surface area contributed by atoms with E-state index >= 15 is 0 Å². The molecule has 0 aliphatic carbocycles. The Balaban J connectivity index is 3.30. The third-order valence-electron chi connectivity index (χ3n) is 5.06. The fraction of sp³-hybridized carbons (Fsp3) is 0.917. The first kappa shape index (κ1) is 28.2. The second-order valence-electron chi connectivity index (χ2n) is 7.93. The van der Waals surface area contributed by atoms with E-state index in [9.17, 15) is 9.59 Å². The highest BCUT2D eigenvalue weighted by Crippen LogP contribution is 2.10. The highest BCUT2D eigenvalue weighted by atomic mass is 35.5. The number of hydrogen-bond donors (Lipinski definition) is 0. The molecule has 5 heteroatoms. The van der Waals surface area contributed by atoms with Gasteiger partial charge in [-0.2, -0.15) is 0 Å². The zero-order valence-corrected chi connectivity index (χ0v) is 19.6. The Morgan fingerprint density at radius 2 is 0.931 bits per heavy atom. The van der Waals surface area contributed by atoms with E-state index in [-0.39, 0.29) is 11.9 Å². The Hall–Kier alpha value is -0.770. The molecule has 0 radical (unpaired) electrons. The summed E-state index contributed by atoms with van der Waals surface area (Å²) in [4.78, 5) is 23.3. The summed E-state index contributed by atoms with van der Waals surface area (Å²) >= 11 is 5.64. The summed E-state index contributed by atoms with van der Waals surface area (Å²) in [5, 5.41) is 0. The van der Waals surface area contributed by atoms with E-state index in [0.717, 1.165) is 38.0 Å². The van der Waals surface area contributed by atoms with E-state index in [1.165, 1.54) is 64.2 Å². The average molecular weight is 433 g/mol. The number of unbranched alkanes of at least 4 members (excludes halogenated alkanes) is 13. The summed E-state index contributed by atoms with van der Waals surface area (Å²) in [7, 11) is 0. The van der Waals surface area contributed by atoms with Crippen molar-refractivity contribution in [2.24, 2.45) is 0 Å². The molecular weight excluding hydrogens is 388 g/mol. The molecule has 0 rings (SSSR count). The van der Waals surface area contributed by atoms with E-state index in [4.69, 9.17) is 21.1 Å². The molecule has 29 heavy (non-hydrogen) atoms. The van der Waals surface area contributed by atoms with E-state index in [0.29, 0.717) is 32.5 Å². The summed E-state index contributed by atoms with van der Waals surface area (Å²) in [6.45, 7) is 3.23. The first-order valence-electron chi connectivity index (χ1n) is 12.1. The summed E-state index contributed by atoms with van der Waals surface area (Å²) in [5.41, 5.74) is 0. The van der Waals surface area contributed by atoms with Gasteiger partial charge in [0.25, 0.3) is 0 Å². The molecule has 0 aromatic carbocycles. The zero-order chi connectivity index (χ0) is 21.4. The lowest BCUT2D eigenvalue weighted by Gasteiger charge is -2.06. The van der Waals surface area contributed by atoms with Gasteiger partial charge in [0.1, 0.15) is 0 Å². The van der Waals surface area contributed by atoms with Crippen LogP contribution in [-0.2, 0) is 19.1 Å². The van der Waals surface area contributed by atoms with Crippen LogP contribution in [0.2, 0.25) is 0 Å². The molecule has 4 nitrogen and oxygen atoms in total. The predicted molar refractivity (Wildman–Crippen MR) is 121 cm³/mol. The largest absolute Gasteiger partial charge is 0.466 e. The van der Waals surface area contributed by atoms with Crippen LogP contribution in [0.3, 0.4) is 0 Å². The summed E-state index contributed by atoms with van der Waals surface area (Å²) in [6.07, 6.45) is 19.0. The molecule has 0 unspecified atom stereocenters. The van der Waals surface area contributed by atoms with Gasteiger partial charge < -0.3 is 9.47 Å². The highest BCUT2D eigenvalue weighted by molar-refractivity contribution is 6.17. The smallest absolute Gasteiger partial charge is 0.305 e. The van der Waals surface area contributed by atoms with Crippen LogP contribution in [0.4, 0.5) is 0 Å². The molecule has 0 aromatic heterocycles. The van der Waals surface area contributed by atoms with Crippen molar-refractivity contribution in [3.8, 4) is 0 Å². The van der Waals surface area contributed by atoms with Crippen molar-refractivity contribution in [2.45, 2.75) is 122 Å². The monoisotopic (exact) mass is 432 g/mol.